The topological polar surface area (TPSA) is 63.3 Å². The first-order valence-electron chi connectivity index (χ1n) is 4.65. The second-order valence-electron chi connectivity index (χ2n) is 3.46. The Morgan fingerprint density at radius 3 is 2.59 bits per heavy atom. The second kappa shape index (κ2) is 3.97. The third-order valence-electron chi connectivity index (χ3n) is 2.25. The summed E-state index contributed by atoms with van der Waals surface area (Å²) >= 11 is 0. The first kappa shape index (κ1) is 11.3. The number of aromatic nitrogens is 1. The van der Waals surface area contributed by atoms with Gasteiger partial charge in [0.15, 0.2) is 0 Å². The second-order valence-corrected chi connectivity index (χ2v) is 3.46. The maximum Gasteiger partial charge on any atom is 0.374 e. The molecule has 0 aliphatic rings. The Bertz CT molecular complexity index is 592. The van der Waals surface area contributed by atoms with Crippen molar-refractivity contribution in [3.8, 4) is 11.3 Å². The van der Waals surface area contributed by atoms with Crippen LogP contribution in [0.25, 0.3) is 11.3 Å². The zero-order valence-corrected chi connectivity index (χ0v) is 8.70. The summed E-state index contributed by atoms with van der Waals surface area (Å²) in [6, 6.07) is 3.00. The molecule has 6 heteroatoms. The molecule has 1 aromatic carbocycles. The minimum Gasteiger partial charge on any atom is -0.475 e. The zero-order chi connectivity index (χ0) is 12.6. The number of aromatic carboxylic acids is 1. The molecule has 0 unspecified atom stereocenters. The van der Waals surface area contributed by atoms with Crippen LogP contribution in [-0.4, -0.2) is 16.2 Å². The minimum absolute atomic E-state index is 0.0567. The average molecular weight is 239 g/mol. The molecule has 0 aliphatic heterocycles. The van der Waals surface area contributed by atoms with Gasteiger partial charge in [-0.2, -0.15) is 0 Å². The fourth-order valence-corrected chi connectivity index (χ4v) is 1.35. The Morgan fingerprint density at radius 2 is 2.00 bits per heavy atom. The molecule has 17 heavy (non-hydrogen) atoms. The van der Waals surface area contributed by atoms with Gasteiger partial charge in [-0.25, -0.2) is 13.6 Å². The number of aryl methyl sites for hydroxylation is 1. The highest BCUT2D eigenvalue weighted by molar-refractivity contribution is 5.85. The van der Waals surface area contributed by atoms with Crippen LogP contribution in [0.1, 0.15) is 16.1 Å². The van der Waals surface area contributed by atoms with E-state index in [9.17, 15) is 13.6 Å². The molecule has 0 bridgehead atoms. The Kier molecular flexibility index (Phi) is 2.63. The van der Waals surface area contributed by atoms with Crippen molar-refractivity contribution in [2.75, 3.05) is 0 Å². The van der Waals surface area contributed by atoms with Crippen LogP contribution >= 0.6 is 0 Å². The quantitative estimate of drug-likeness (QED) is 0.874. The van der Waals surface area contributed by atoms with E-state index >= 15 is 0 Å². The molecule has 2 rings (SSSR count). The molecule has 4 nitrogen and oxygen atoms in total. The molecule has 0 amide bonds. The van der Waals surface area contributed by atoms with E-state index in [1.54, 1.807) is 0 Å². The van der Waals surface area contributed by atoms with Gasteiger partial charge < -0.3 is 9.63 Å². The maximum atomic E-state index is 13.5. The lowest BCUT2D eigenvalue weighted by Crippen LogP contribution is -1.92. The van der Waals surface area contributed by atoms with Crippen molar-refractivity contribution in [1.82, 2.24) is 5.16 Å². The molecule has 0 fully saturated rings. The van der Waals surface area contributed by atoms with Crippen LogP contribution in [0.5, 0.6) is 0 Å². The van der Waals surface area contributed by atoms with Gasteiger partial charge in [-0.1, -0.05) is 5.16 Å². The van der Waals surface area contributed by atoms with Gasteiger partial charge in [-0.05, 0) is 24.6 Å². The number of nitrogens with zero attached hydrogens (tertiary/aromatic N) is 1. The molecule has 1 N–H and O–H groups in total. The molecule has 0 saturated carbocycles. The van der Waals surface area contributed by atoms with Crippen molar-refractivity contribution < 1.29 is 23.2 Å². The number of carboxylic acid groups (broad SMARTS) is 1. The molecule has 88 valence electrons. The highest BCUT2D eigenvalue weighted by atomic mass is 19.1. The van der Waals surface area contributed by atoms with Gasteiger partial charge >= 0.3 is 5.97 Å². The van der Waals surface area contributed by atoms with Gasteiger partial charge in [0, 0.05) is 11.6 Å². The van der Waals surface area contributed by atoms with E-state index in [2.05, 4.69) is 9.68 Å². The van der Waals surface area contributed by atoms with Crippen molar-refractivity contribution in [2.24, 2.45) is 0 Å². The van der Waals surface area contributed by atoms with Gasteiger partial charge in [-0.15, -0.1) is 0 Å². The zero-order valence-electron chi connectivity index (χ0n) is 8.70. The summed E-state index contributed by atoms with van der Waals surface area (Å²) in [4.78, 5) is 10.5. The van der Waals surface area contributed by atoms with Crippen LogP contribution in [-0.2, 0) is 0 Å². The molecule has 0 aliphatic carbocycles. The van der Waals surface area contributed by atoms with Crippen LogP contribution in [0.4, 0.5) is 8.78 Å². The molecule has 0 radical (unpaired) electrons. The van der Waals surface area contributed by atoms with Crippen LogP contribution in [0.15, 0.2) is 22.7 Å². The lowest BCUT2D eigenvalue weighted by Gasteiger charge is -2.01. The van der Waals surface area contributed by atoms with Crippen LogP contribution in [0.2, 0.25) is 0 Å². The van der Waals surface area contributed by atoms with Gasteiger partial charge in [0.1, 0.15) is 17.3 Å². The highest BCUT2D eigenvalue weighted by Crippen LogP contribution is 2.25. The van der Waals surface area contributed by atoms with Crippen molar-refractivity contribution in [2.45, 2.75) is 6.92 Å². The third-order valence-corrected chi connectivity index (χ3v) is 2.25. The number of hydrogen-bond donors (Lipinski definition) is 1. The fourth-order valence-electron chi connectivity index (χ4n) is 1.35. The number of hydrogen-bond acceptors (Lipinski definition) is 3. The lowest BCUT2D eigenvalue weighted by atomic mass is 10.1. The molecular formula is C11H7F2NO3. The summed E-state index contributed by atoms with van der Waals surface area (Å²) in [5.41, 5.74) is -0.0312. The van der Waals surface area contributed by atoms with Crippen molar-refractivity contribution in [3.63, 3.8) is 0 Å². The summed E-state index contributed by atoms with van der Waals surface area (Å²) in [5.74, 6) is -3.03. The van der Waals surface area contributed by atoms with Gasteiger partial charge in [-0.3, -0.25) is 0 Å². The van der Waals surface area contributed by atoms with Gasteiger partial charge in [0.2, 0.25) is 5.76 Å². The smallest absolute Gasteiger partial charge is 0.374 e. The first-order chi connectivity index (χ1) is 7.99. The largest absolute Gasteiger partial charge is 0.475 e. The normalized spacial score (nSPS) is 10.5. The molecule has 0 spiro atoms. The molecule has 2 aromatic rings. The van der Waals surface area contributed by atoms with Crippen LogP contribution in [0, 0.1) is 18.6 Å². The van der Waals surface area contributed by atoms with E-state index in [0.29, 0.717) is 0 Å². The van der Waals surface area contributed by atoms with E-state index in [1.165, 1.54) is 6.92 Å². The fraction of sp³-hybridized carbons (Fsp3) is 0.0909. The maximum absolute atomic E-state index is 13.5. The third kappa shape index (κ3) is 2.01. The van der Waals surface area contributed by atoms with Crippen LogP contribution in [0.3, 0.4) is 0 Å². The summed E-state index contributed by atoms with van der Waals surface area (Å²) in [5, 5.41) is 12.0. The van der Waals surface area contributed by atoms with Crippen molar-refractivity contribution in [3.05, 3.63) is 41.2 Å². The summed E-state index contributed by atoms with van der Waals surface area (Å²) in [7, 11) is 0. The van der Waals surface area contributed by atoms with Crippen molar-refractivity contribution in [1.29, 1.82) is 0 Å². The van der Waals surface area contributed by atoms with E-state index in [4.69, 9.17) is 5.11 Å². The summed E-state index contributed by atoms with van der Waals surface area (Å²) < 4.78 is 31.3. The number of carboxylic acids is 1. The Morgan fingerprint density at radius 1 is 1.29 bits per heavy atom. The van der Waals surface area contributed by atoms with E-state index in [0.717, 1.165) is 18.2 Å². The number of halogens is 2. The average Bonchev–Trinajstić information content (AvgIpc) is 2.72. The summed E-state index contributed by atoms with van der Waals surface area (Å²) in [6.45, 7) is 1.42. The monoisotopic (exact) mass is 239 g/mol. The van der Waals surface area contributed by atoms with E-state index in [1.807, 2.05) is 0 Å². The van der Waals surface area contributed by atoms with Crippen LogP contribution < -0.4 is 0 Å². The molecule has 0 atom stereocenters. The van der Waals surface area contributed by atoms with E-state index in [-0.39, 0.29) is 16.8 Å². The Balaban J connectivity index is 2.52. The van der Waals surface area contributed by atoms with Crippen molar-refractivity contribution >= 4 is 5.97 Å². The standard InChI is InChI=1S/C11H7F2NO3/c1-5-2-8(13)6(3-7(5)12)9-4-10(11(15)16)17-14-9/h2-4H,1H3,(H,15,16). The number of carbonyl (C=O) groups is 1. The molecule has 1 aromatic heterocycles. The molecule has 0 saturated heterocycles. The Labute approximate surface area is 94.5 Å². The Hall–Kier alpha value is -2.24. The predicted octanol–water partition coefficient (Wildman–Crippen LogP) is 2.63. The van der Waals surface area contributed by atoms with E-state index < -0.39 is 23.4 Å². The number of rotatable bonds is 2. The summed E-state index contributed by atoms with van der Waals surface area (Å²) in [6.07, 6.45) is 0. The first-order valence-corrected chi connectivity index (χ1v) is 4.65. The number of benzene rings is 1. The predicted molar refractivity (Wildman–Crippen MR) is 53.6 cm³/mol. The highest BCUT2D eigenvalue weighted by Gasteiger charge is 2.16. The van der Waals surface area contributed by atoms with Gasteiger partial charge in [0.25, 0.3) is 0 Å². The lowest BCUT2D eigenvalue weighted by molar-refractivity contribution is 0.0652. The SMILES string of the molecule is Cc1cc(F)c(-c2cc(C(=O)O)on2)cc1F. The molecule has 1 heterocycles. The molecular weight excluding hydrogens is 232 g/mol. The van der Waals surface area contributed by atoms with Gasteiger partial charge in [0.05, 0.1) is 0 Å². The minimum atomic E-state index is -1.32.